The van der Waals surface area contributed by atoms with Crippen LogP contribution in [-0.2, 0) is 20.0 Å². The highest BCUT2D eigenvalue weighted by molar-refractivity contribution is 5.81. The fraction of sp³-hybridized carbons (Fsp3) is 0.231. The summed E-state index contributed by atoms with van der Waals surface area (Å²) >= 11 is 0. The number of unbranched alkanes of at least 4 members (excludes halogenated alkanes) is 1. The maximum absolute atomic E-state index is 13.7. The normalized spacial score (nSPS) is 11.0. The fourth-order valence-electron chi connectivity index (χ4n) is 4.50. The van der Waals surface area contributed by atoms with E-state index in [2.05, 4.69) is 38.6 Å². The van der Waals surface area contributed by atoms with Gasteiger partial charge in [-0.15, -0.1) is 5.10 Å². The molecular formula is C26H25N9O. The summed E-state index contributed by atoms with van der Waals surface area (Å²) in [6, 6.07) is 13.7. The minimum Gasteiger partial charge on any atom is -0.336 e. The van der Waals surface area contributed by atoms with Gasteiger partial charge in [-0.05, 0) is 52.1 Å². The fourth-order valence-corrected chi connectivity index (χ4v) is 4.50. The lowest BCUT2D eigenvalue weighted by molar-refractivity contribution is 0.670. The van der Waals surface area contributed by atoms with Gasteiger partial charge in [-0.25, -0.2) is 9.89 Å². The summed E-state index contributed by atoms with van der Waals surface area (Å²) in [5, 5.41) is 23.9. The van der Waals surface area contributed by atoms with E-state index < -0.39 is 0 Å². The minimum atomic E-state index is -0.193. The highest BCUT2D eigenvalue weighted by Crippen LogP contribution is 2.32. The van der Waals surface area contributed by atoms with Gasteiger partial charge >= 0.3 is 5.69 Å². The summed E-state index contributed by atoms with van der Waals surface area (Å²) < 4.78 is 5.15. The number of aryl methyl sites for hydroxylation is 2. The number of nitrogens with zero attached hydrogens (tertiary/aromatic N) is 8. The third kappa shape index (κ3) is 4.11. The number of H-pyrrole nitrogens is 1. The van der Waals surface area contributed by atoms with E-state index in [0.717, 1.165) is 47.2 Å². The Kier molecular flexibility index (Phi) is 6.28. The zero-order valence-electron chi connectivity index (χ0n) is 20.1. The largest absolute Gasteiger partial charge is 0.336 e. The topological polar surface area (TPSA) is 123 Å². The number of tetrazole rings is 1. The Hall–Kier alpha value is -4.78. The molecule has 0 saturated carbocycles. The molecule has 0 radical (unpaired) electrons. The van der Waals surface area contributed by atoms with Crippen LogP contribution in [0.15, 0.2) is 66.0 Å². The zero-order chi connectivity index (χ0) is 25.1. The molecule has 5 aromatic rings. The van der Waals surface area contributed by atoms with Gasteiger partial charge in [0.1, 0.15) is 11.9 Å². The number of hydrogen-bond acceptors (Lipinski definition) is 6. The van der Waals surface area contributed by atoms with Crippen LogP contribution in [0.4, 0.5) is 0 Å². The summed E-state index contributed by atoms with van der Waals surface area (Å²) in [6.07, 6.45) is 9.88. The number of pyridine rings is 1. The second kappa shape index (κ2) is 9.84. The minimum absolute atomic E-state index is 0.193. The second-order valence-corrected chi connectivity index (χ2v) is 8.57. The Morgan fingerprint density at radius 1 is 1.11 bits per heavy atom. The molecule has 4 aromatic heterocycles. The second-order valence-electron chi connectivity index (χ2n) is 8.57. The first-order chi connectivity index (χ1) is 17.6. The molecule has 0 fully saturated rings. The smallest absolute Gasteiger partial charge is 0.334 e. The van der Waals surface area contributed by atoms with Crippen LogP contribution in [0.25, 0.3) is 28.3 Å². The van der Waals surface area contributed by atoms with Crippen LogP contribution < -0.4 is 5.69 Å². The van der Waals surface area contributed by atoms with E-state index in [9.17, 15) is 10.1 Å². The first-order valence-electron chi connectivity index (χ1n) is 11.8. The lowest BCUT2D eigenvalue weighted by Gasteiger charge is -2.14. The maximum atomic E-state index is 13.7. The third-order valence-corrected chi connectivity index (χ3v) is 6.29. The van der Waals surface area contributed by atoms with Crippen molar-refractivity contribution in [2.45, 2.75) is 32.7 Å². The van der Waals surface area contributed by atoms with Crippen molar-refractivity contribution >= 4 is 0 Å². The molecule has 0 aliphatic carbocycles. The molecule has 1 aromatic carbocycles. The molecular weight excluding hydrogens is 454 g/mol. The lowest BCUT2D eigenvalue weighted by atomic mass is 9.96. The Balaban J connectivity index is 1.63. The number of aromatic nitrogens is 8. The van der Waals surface area contributed by atoms with Crippen molar-refractivity contribution in [2.24, 2.45) is 7.05 Å². The van der Waals surface area contributed by atoms with Crippen molar-refractivity contribution in [3.05, 3.63) is 88.5 Å². The number of hydrogen-bond donors (Lipinski definition) is 1. The van der Waals surface area contributed by atoms with Crippen molar-refractivity contribution in [1.82, 2.24) is 39.3 Å². The van der Waals surface area contributed by atoms with Gasteiger partial charge in [-0.3, -0.25) is 14.1 Å². The lowest BCUT2D eigenvalue weighted by Crippen LogP contribution is -2.26. The number of nitriles is 1. The predicted octanol–water partition coefficient (Wildman–Crippen LogP) is 3.48. The molecule has 0 saturated heterocycles. The van der Waals surface area contributed by atoms with E-state index in [-0.39, 0.29) is 5.69 Å². The molecule has 5 rings (SSSR count). The quantitative estimate of drug-likeness (QED) is 0.363. The van der Waals surface area contributed by atoms with Crippen molar-refractivity contribution in [3.8, 4) is 34.4 Å². The number of benzene rings is 1. The molecule has 0 bridgehead atoms. The highest BCUT2D eigenvalue weighted by Gasteiger charge is 2.20. The number of rotatable bonds is 8. The summed E-state index contributed by atoms with van der Waals surface area (Å²) in [5.74, 6) is 1.13. The van der Waals surface area contributed by atoms with Crippen molar-refractivity contribution < 1.29 is 0 Å². The number of nitrogens with one attached hydrogen (secondary N) is 1. The van der Waals surface area contributed by atoms with Gasteiger partial charge in [-0.2, -0.15) is 5.26 Å². The van der Waals surface area contributed by atoms with Gasteiger partial charge in [0.2, 0.25) is 0 Å². The van der Waals surface area contributed by atoms with E-state index in [1.54, 1.807) is 38.4 Å². The molecule has 0 unspecified atom stereocenters. The standard InChI is InChI=1S/C26H25N9O/c1-3-4-7-20-17-35(25-18(14-27)11-13-33(25)2)26(36)34(20)16-19-15-28-12-10-21(19)22-8-5-6-9-23(22)24-29-31-32-30-24/h5-6,8-13,15,17H,3-4,7,16H2,1-2H3,(H,29,30,31,32). The number of aromatic amines is 1. The summed E-state index contributed by atoms with van der Waals surface area (Å²) in [6.45, 7) is 2.46. The van der Waals surface area contributed by atoms with Crippen LogP contribution >= 0.6 is 0 Å². The van der Waals surface area contributed by atoms with Gasteiger partial charge < -0.3 is 4.57 Å². The molecule has 10 heteroatoms. The molecule has 0 atom stereocenters. The maximum Gasteiger partial charge on any atom is 0.334 e. The van der Waals surface area contributed by atoms with Gasteiger partial charge in [0.05, 0.1) is 12.1 Å². The van der Waals surface area contributed by atoms with Crippen LogP contribution in [0.1, 0.15) is 36.6 Å². The van der Waals surface area contributed by atoms with Crippen LogP contribution in [0, 0.1) is 11.3 Å². The monoisotopic (exact) mass is 479 g/mol. The summed E-state index contributed by atoms with van der Waals surface area (Å²) in [4.78, 5) is 18.1. The average molecular weight is 480 g/mol. The van der Waals surface area contributed by atoms with Gasteiger partial charge in [-0.1, -0.05) is 37.6 Å². The van der Waals surface area contributed by atoms with Crippen LogP contribution in [0.3, 0.4) is 0 Å². The molecule has 36 heavy (non-hydrogen) atoms. The zero-order valence-corrected chi connectivity index (χ0v) is 20.1. The van der Waals surface area contributed by atoms with Crippen LogP contribution in [0.2, 0.25) is 0 Å². The van der Waals surface area contributed by atoms with Crippen molar-refractivity contribution in [2.75, 3.05) is 0 Å². The number of imidazole rings is 1. The van der Waals surface area contributed by atoms with Crippen LogP contribution in [0.5, 0.6) is 0 Å². The molecule has 0 amide bonds. The molecule has 180 valence electrons. The van der Waals surface area contributed by atoms with Gasteiger partial charge in [0, 0.05) is 43.1 Å². The summed E-state index contributed by atoms with van der Waals surface area (Å²) in [7, 11) is 1.83. The highest BCUT2D eigenvalue weighted by atomic mass is 16.1. The first kappa shape index (κ1) is 23.0. The van der Waals surface area contributed by atoms with E-state index in [0.29, 0.717) is 23.8 Å². The Labute approximate surface area is 207 Å². The Morgan fingerprint density at radius 3 is 2.69 bits per heavy atom. The molecule has 0 spiro atoms. The molecule has 4 heterocycles. The summed E-state index contributed by atoms with van der Waals surface area (Å²) in [5.41, 5.74) is 4.79. The van der Waals surface area contributed by atoms with Gasteiger partial charge in [0.15, 0.2) is 5.82 Å². The van der Waals surface area contributed by atoms with Crippen molar-refractivity contribution in [3.63, 3.8) is 0 Å². The Morgan fingerprint density at radius 2 is 1.94 bits per heavy atom. The van der Waals surface area contributed by atoms with Gasteiger partial charge in [0.25, 0.3) is 0 Å². The molecule has 0 aliphatic rings. The molecule has 10 nitrogen and oxygen atoms in total. The first-order valence-corrected chi connectivity index (χ1v) is 11.8. The molecule has 1 N–H and O–H groups in total. The average Bonchev–Trinajstić information content (AvgIpc) is 3.64. The third-order valence-electron chi connectivity index (χ3n) is 6.29. The van der Waals surface area contributed by atoms with E-state index in [4.69, 9.17) is 0 Å². The van der Waals surface area contributed by atoms with Crippen LogP contribution in [-0.4, -0.2) is 39.3 Å². The van der Waals surface area contributed by atoms with E-state index >= 15 is 0 Å². The van der Waals surface area contributed by atoms with E-state index in [1.807, 2.05) is 43.6 Å². The predicted molar refractivity (Wildman–Crippen MR) is 134 cm³/mol. The SMILES string of the molecule is CCCCc1cn(-c2c(C#N)ccn2C)c(=O)n1Cc1cnccc1-c1ccccc1-c1nnn[nH]1. The van der Waals surface area contributed by atoms with Crippen molar-refractivity contribution in [1.29, 1.82) is 5.26 Å². The van der Waals surface area contributed by atoms with E-state index in [1.165, 1.54) is 0 Å². The molecule has 0 aliphatic heterocycles. The Bertz CT molecular complexity index is 1600.